The fourth-order valence-electron chi connectivity index (χ4n) is 3.51. The number of rotatable bonds is 4. The van der Waals surface area contributed by atoms with E-state index in [2.05, 4.69) is 29.9 Å². The first-order chi connectivity index (χ1) is 13.2. The summed E-state index contributed by atoms with van der Waals surface area (Å²) in [5.74, 6) is 6.81. The van der Waals surface area contributed by atoms with E-state index >= 15 is 0 Å². The highest BCUT2D eigenvalue weighted by molar-refractivity contribution is 6.11. The number of hydrogen-bond donors (Lipinski definition) is 3. The second kappa shape index (κ2) is 7.26. The molecule has 2 aliphatic heterocycles. The molecule has 2 saturated heterocycles. The number of benzene rings is 1. The zero-order valence-electron chi connectivity index (χ0n) is 15.0. The van der Waals surface area contributed by atoms with Crippen LogP contribution in [0.3, 0.4) is 0 Å². The van der Waals surface area contributed by atoms with Gasteiger partial charge in [0, 0.05) is 31.7 Å². The Labute approximate surface area is 157 Å². The first-order valence-electron chi connectivity index (χ1n) is 9.22. The Bertz CT molecular complexity index is 825. The number of hydrazone groups is 1. The monoisotopic (exact) mass is 369 g/mol. The molecule has 0 saturated carbocycles. The number of aromatic nitrogens is 3. The van der Waals surface area contributed by atoms with Gasteiger partial charge in [-0.3, -0.25) is 0 Å². The molecule has 142 valence electrons. The smallest absolute Gasteiger partial charge is 0.230 e. The second-order valence-corrected chi connectivity index (χ2v) is 6.83. The van der Waals surface area contributed by atoms with Gasteiger partial charge in [0.25, 0.3) is 0 Å². The van der Waals surface area contributed by atoms with Crippen LogP contribution >= 0.6 is 0 Å². The Hall–Kier alpha value is -3.10. The first-order valence-corrected chi connectivity index (χ1v) is 9.22. The number of aromatic hydroxyl groups is 2. The Morgan fingerprint density at radius 3 is 1.89 bits per heavy atom. The summed E-state index contributed by atoms with van der Waals surface area (Å²) in [6.07, 6.45) is 4.46. The average molecular weight is 369 g/mol. The van der Waals surface area contributed by atoms with Gasteiger partial charge in [-0.15, -0.1) is 0 Å². The van der Waals surface area contributed by atoms with Gasteiger partial charge in [-0.1, -0.05) is 0 Å². The van der Waals surface area contributed by atoms with Crippen LogP contribution in [0.2, 0.25) is 0 Å². The molecule has 2 aliphatic rings. The molecular formula is C18H23N7O2. The SMILES string of the molecule is NN=C(c1ccc(O)c(O)c1)c1nc(N2CCCC2)nc(N2CCCC2)n1. The summed E-state index contributed by atoms with van der Waals surface area (Å²) in [5.41, 5.74) is 0.868. The van der Waals surface area contributed by atoms with Crippen molar-refractivity contribution >= 4 is 17.6 Å². The maximum atomic E-state index is 9.83. The molecule has 1 aromatic carbocycles. The van der Waals surface area contributed by atoms with Crippen LogP contribution in [0.4, 0.5) is 11.9 Å². The topological polar surface area (TPSA) is 124 Å². The molecule has 9 nitrogen and oxygen atoms in total. The molecule has 0 radical (unpaired) electrons. The van der Waals surface area contributed by atoms with Gasteiger partial charge in [-0.05, 0) is 43.9 Å². The molecule has 27 heavy (non-hydrogen) atoms. The van der Waals surface area contributed by atoms with E-state index in [0.717, 1.165) is 51.9 Å². The Kier molecular flexibility index (Phi) is 4.66. The second-order valence-electron chi connectivity index (χ2n) is 6.83. The molecule has 0 atom stereocenters. The summed E-state index contributed by atoms with van der Waals surface area (Å²) in [6, 6.07) is 4.41. The van der Waals surface area contributed by atoms with Crippen molar-refractivity contribution in [3.05, 3.63) is 29.6 Å². The highest BCUT2D eigenvalue weighted by Gasteiger charge is 2.23. The van der Waals surface area contributed by atoms with Gasteiger partial charge in [0.2, 0.25) is 11.9 Å². The molecule has 2 fully saturated rings. The predicted octanol–water partition coefficient (Wildman–Crippen LogP) is 1.19. The molecule has 0 amide bonds. The predicted molar refractivity (Wildman–Crippen MR) is 102 cm³/mol. The minimum Gasteiger partial charge on any atom is -0.504 e. The molecule has 0 aliphatic carbocycles. The van der Waals surface area contributed by atoms with Crippen LogP contribution in [0.5, 0.6) is 11.5 Å². The number of phenols is 2. The number of nitrogens with zero attached hydrogens (tertiary/aromatic N) is 6. The summed E-state index contributed by atoms with van der Waals surface area (Å²) in [7, 11) is 0. The molecule has 9 heteroatoms. The number of hydrogen-bond acceptors (Lipinski definition) is 9. The van der Waals surface area contributed by atoms with E-state index in [1.54, 1.807) is 6.07 Å². The van der Waals surface area contributed by atoms with Gasteiger partial charge in [-0.2, -0.15) is 20.1 Å². The third-order valence-electron chi connectivity index (χ3n) is 4.98. The summed E-state index contributed by atoms with van der Waals surface area (Å²) in [4.78, 5) is 18.2. The lowest BCUT2D eigenvalue weighted by molar-refractivity contribution is 0.403. The van der Waals surface area contributed by atoms with Crippen molar-refractivity contribution in [2.45, 2.75) is 25.7 Å². The van der Waals surface area contributed by atoms with Crippen molar-refractivity contribution in [2.75, 3.05) is 36.0 Å². The molecule has 0 bridgehead atoms. The molecule has 4 rings (SSSR count). The molecule has 0 spiro atoms. The van der Waals surface area contributed by atoms with Crippen molar-refractivity contribution in [1.82, 2.24) is 15.0 Å². The average Bonchev–Trinajstić information content (AvgIpc) is 3.39. The van der Waals surface area contributed by atoms with Crippen molar-refractivity contribution in [3.63, 3.8) is 0 Å². The van der Waals surface area contributed by atoms with E-state index in [1.165, 1.54) is 12.1 Å². The minimum atomic E-state index is -0.248. The zero-order valence-corrected chi connectivity index (χ0v) is 15.0. The van der Waals surface area contributed by atoms with Gasteiger partial charge < -0.3 is 25.9 Å². The third-order valence-corrected chi connectivity index (χ3v) is 4.98. The van der Waals surface area contributed by atoms with Crippen LogP contribution in [0.1, 0.15) is 37.1 Å². The van der Waals surface area contributed by atoms with Crippen LogP contribution in [-0.4, -0.2) is 57.1 Å². The van der Waals surface area contributed by atoms with Crippen LogP contribution in [0, 0.1) is 0 Å². The van der Waals surface area contributed by atoms with E-state index in [9.17, 15) is 10.2 Å². The third kappa shape index (κ3) is 3.44. The van der Waals surface area contributed by atoms with Gasteiger partial charge in [-0.25, -0.2) is 0 Å². The van der Waals surface area contributed by atoms with Crippen LogP contribution in [0.25, 0.3) is 0 Å². The Morgan fingerprint density at radius 1 is 0.852 bits per heavy atom. The lowest BCUT2D eigenvalue weighted by atomic mass is 10.1. The van der Waals surface area contributed by atoms with E-state index in [0.29, 0.717) is 29.0 Å². The van der Waals surface area contributed by atoms with Crippen molar-refractivity contribution in [2.24, 2.45) is 10.9 Å². The fraction of sp³-hybridized carbons (Fsp3) is 0.444. The Morgan fingerprint density at radius 2 is 1.41 bits per heavy atom. The summed E-state index contributed by atoms with van der Waals surface area (Å²) in [5, 5.41) is 23.3. The van der Waals surface area contributed by atoms with Gasteiger partial charge >= 0.3 is 0 Å². The zero-order chi connectivity index (χ0) is 18.8. The number of nitrogens with two attached hydrogens (primary N) is 1. The highest BCUT2D eigenvalue weighted by atomic mass is 16.3. The summed E-state index contributed by atoms with van der Waals surface area (Å²) in [6.45, 7) is 3.66. The lowest BCUT2D eigenvalue weighted by Gasteiger charge is -2.20. The maximum absolute atomic E-state index is 9.83. The van der Waals surface area contributed by atoms with Crippen molar-refractivity contribution < 1.29 is 10.2 Å². The van der Waals surface area contributed by atoms with Crippen LogP contribution < -0.4 is 15.6 Å². The highest BCUT2D eigenvalue weighted by Crippen LogP contribution is 2.27. The molecular weight excluding hydrogens is 346 g/mol. The lowest BCUT2D eigenvalue weighted by Crippen LogP contribution is -2.27. The van der Waals surface area contributed by atoms with E-state index in [4.69, 9.17) is 5.84 Å². The van der Waals surface area contributed by atoms with Crippen molar-refractivity contribution in [3.8, 4) is 11.5 Å². The molecule has 0 unspecified atom stereocenters. The molecule has 2 aromatic rings. The first kappa shape index (κ1) is 17.3. The molecule has 3 heterocycles. The molecule has 1 aromatic heterocycles. The van der Waals surface area contributed by atoms with Gasteiger partial charge in [0.15, 0.2) is 17.3 Å². The van der Waals surface area contributed by atoms with Crippen LogP contribution in [-0.2, 0) is 0 Å². The summed E-state index contributed by atoms with van der Waals surface area (Å²) < 4.78 is 0. The standard InChI is InChI=1S/C18H23N7O2/c19-23-15(12-5-6-13(26)14(27)11-12)16-20-17(24-7-1-2-8-24)22-18(21-16)25-9-3-4-10-25/h5-6,11,26-27H,1-4,7-10,19H2. The van der Waals surface area contributed by atoms with Crippen LogP contribution in [0.15, 0.2) is 23.3 Å². The van der Waals surface area contributed by atoms with E-state index in [1.807, 2.05) is 0 Å². The normalized spacial score (nSPS) is 17.7. The quantitative estimate of drug-likeness (QED) is 0.318. The number of anilines is 2. The largest absolute Gasteiger partial charge is 0.504 e. The Balaban J connectivity index is 1.78. The van der Waals surface area contributed by atoms with Gasteiger partial charge in [0.05, 0.1) is 0 Å². The maximum Gasteiger partial charge on any atom is 0.230 e. The fourth-order valence-corrected chi connectivity index (χ4v) is 3.51. The minimum absolute atomic E-state index is 0.207. The van der Waals surface area contributed by atoms with Crippen molar-refractivity contribution in [1.29, 1.82) is 0 Å². The molecule has 4 N–H and O–H groups in total. The van der Waals surface area contributed by atoms with E-state index < -0.39 is 0 Å². The summed E-state index contributed by atoms with van der Waals surface area (Å²) >= 11 is 0. The van der Waals surface area contributed by atoms with E-state index in [-0.39, 0.29) is 11.5 Å². The van der Waals surface area contributed by atoms with Gasteiger partial charge in [0.1, 0.15) is 5.71 Å². The number of phenolic OH excluding ortho intramolecular Hbond substituents is 2.